The minimum absolute atomic E-state index is 0.0473. The third-order valence-electron chi connectivity index (χ3n) is 2.13. The van der Waals surface area contributed by atoms with Gasteiger partial charge < -0.3 is 5.32 Å². The van der Waals surface area contributed by atoms with E-state index in [0.29, 0.717) is 17.8 Å². The van der Waals surface area contributed by atoms with Gasteiger partial charge in [-0.05, 0) is 6.07 Å². The van der Waals surface area contributed by atoms with Gasteiger partial charge in [-0.3, -0.25) is 9.48 Å². The van der Waals surface area contributed by atoms with Crippen LogP contribution in [0.4, 0.5) is 8.78 Å². The molecule has 2 aromatic heterocycles. The highest BCUT2D eigenvalue weighted by Gasteiger charge is 2.12. The molecule has 0 saturated carbocycles. The Morgan fingerprint density at radius 1 is 1.50 bits per heavy atom. The van der Waals surface area contributed by atoms with Gasteiger partial charge in [0.2, 0.25) is 0 Å². The third-order valence-corrected chi connectivity index (χ3v) is 2.13. The summed E-state index contributed by atoms with van der Waals surface area (Å²) in [6, 6.07) is 1.23. The number of alkyl halides is 2. The van der Waals surface area contributed by atoms with Gasteiger partial charge >= 0.3 is 6.55 Å². The Morgan fingerprint density at radius 3 is 2.94 bits per heavy atom. The summed E-state index contributed by atoms with van der Waals surface area (Å²) in [5.41, 5.74) is -0.0473. The van der Waals surface area contributed by atoms with Crippen LogP contribution in [0.25, 0.3) is 0 Å². The average Bonchev–Trinajstić information content (AvgIpc) is 2.99. The molecule has 1 amide bonds. The zero-order valence-electron chi connectivity index (χ0n) is 9.20. The van der Waals surface area contributed by atoms with E-state index < -0.39 is 12.5 Å². The summed E-state index contributed by atoms with van der Waals surface area (Å²) in [5, 5.41) is 9.83. The van der Waals surface area contributed by atoms with E-state index in [1.54, 1.807) is 0 Å². The maximum Gasteiger partial charge on any atom is 0.333 e. The molecule has 7 nitrogen and oxygen atoms in total. The lowest BCUT2D eigenvalue weighted by Crippen LogP contribution is -2.27. The van der Waals surface area contributed by atoms with Crippen molar-refractivity contribution in [1.29, 1.82) is 0 Å². The largest absolute Gasteiger partial charge is 0.349 e. The Morgan fingerprint density at radius 2 is 2.33 bits per heavy atom. The van der Waals surface area contributed by atoms with Crippen LogP contribution in [0.3, 0.4) is 0 Å². The van der Waals surface area contributed by atoms with Crippen LogP contribution < -0.4 is 5.32 Å². The van der Waals surface area contributed by atoms with Crippen molar-refractivity contribution in [2.24, 2.45) is 0 Å². The lowest BCUT2D eigenvalue weighted by molar-refractivity contribution is 0.0560. The highest BCUT2D eigenvalue weighted by atomic mass is 19.3. The van der Waals surface area contributed by atoms with Crippen molar-refractivity contribution in [3.05, 3.63) is 30.6 Å². The molecule has 0 fully saturated rings. The van der Waals surface area contributed by atoms with Crippen molar-refractivity contribution in [2.45, 2.75) is 13.1 Å². The van der Waals surface area contributed by atoms with Gasteiger partial charge in [0.1, 0.15) is 18.3 Å². The van der Waals surface area contributed by atoms with Crippen LogP contribution in [0.5, 0.6) is 0 Å². The summed E-state index contributed by atoms with van der Waals surface area (Å²) in [6.45, 7) is -1.99. The molecule has 0 aromatic carbocycles. The summed E-state index contributed by atoms with van der Waals surface area (Å²) in [6.07, 6.45) is 3.95. The molecular weight excluding hydrogens is 246 g/mol. The number of amides is 1. The van der Waals surface area contributed by atoms with Gasteiger partial charge in [-0.15, -0.1) is 0 Å². The topological polar surface area (TPSA) is 77.6 Å². The first-order valence-corrected chi connectivity index (χ1v) is 5.11. The molecule has 0 aliphatic rings. The van der Waals surface area contributed by atoms with E-state index in [0.717, 1.165) is 6.20 Å². The van der Waals surface area contributed by atoms with Gasteiger partial charge in [0.25, 0.3) is 5.91 Å². The fraction of sp³-hybridized carbons (Fsp3) is 0.333. The first-order chi connectivity index (χ1) is 8.66. The number of halogens is 2. The van der Waals surface area contributed by atoms with Crippen molar-refractivity contribution in [1.82, 2.24) is 29.9 Å². The van der Waals surface area contributed by atoms with Crippen LogP contribution in [0.15, 0.2) is 24.9 Å². The zero-order valence-corrected chi connectivity index (χ0v) is 9.20. The van der Waals surface area contributed by atoms with Crippen LogP contribution in [0, 0.1) is 0 Å². The van der Waals surface area contributed by atoms with E-state index in [1.807, 2.05) is 0 Å². The van der Waals surface area contributed by atoms with Gasteiger partial charge in [0.15, 0.2) is 0 Å². The van der Waals surface area contributed by atoms with Crippen LogP contribution >= 0.6 is 0 Å². The van der Waals surface area contributed by atoms with E-state index in [9.17, 15) is 13.6 Å². The standard InChI is InChI=1S/C9H10F2N6O/c10-9(11)17-3-1-7(15-17)8(18)13-2-4-16-6-12-5-14-16/h1,3,5-6,9H,2,4H2,(H,13,18). The maximum atomic E-state index is 12.2. The number of hydrogen-bond donors (Lipinski definition) is 1. The van der Waals surface area contributed by atoms with Crippen molar-refractivity contribution < 1.29 is 13.6 Å². The maximum absolute atomic E-state index is 12.2. The minimum Gasteiger partial charge on any atom is -0.349 e. The van der Waals surface area contributed by atoms with Crippen molar-refractivity contribution >= 4 is 5.91 Å². The molecule has 0 aliphatic carbocycles. The number of nitrogens with zero attached hydrogens (tertiary/aromatic N) is 5. The van der Waals surface area contributed by atoms with E-state index >= 15 is 0 Å². The number of aromatic nitrogens is 5. The van der Waals surface area contributed by atoms with E-state index in [4.69, 9.17) is 0 Å². The first-order valence-electron chi connectivity index (χ1n) is 5.11. The molecule has 0 aliphatic heterocycles. The molecule has 0 radical (unpaired) electrons. The Labute approximate surface area is 100 Å². The highest BCUT2D eigenvalue weighted by molar-refractivity contribution is 5.92. The molecule has 0 bridgehead atoms. The Kier molecular flexibility index (Phi) is 3.60. The normalized spacial score (nSPS) is 10.8. The molecule has 96 valence electrons. The van der Waals surface area contributed by atoms with Crippen molar-refractivity contribution in [3.8, 4) is 0 Å². The second-order valence-corrected chi connectivity index (χ2v) is 3.37. The molecule has 2 heterocycles. The van der Waals surface area contributed by atoms with Crippen LogP contribution in [-0.4, -0.2) is 37.0 Å². The fourth-order valence-corrected chi connectivity index (χ4v) is 1.29. The fourth-order valence-electron chi connectivity index (χ4n) is 1.29. The second-order valence-electron chi connectivity index (χ2n) is 3.37. The summed E-state index contributed by atoms with van der Waals surface area (Å²) in [7, 11) is 0. The molecule has 18 heavy (non-hydrogen) atoms. The monoisotopic (exact) mass is 256 g/mol. The SMILES string of the molecule is O=C(NCCn1cncn1)c1ccn(C(F)F)n1. The molecule has 2 aromatic rings. The van der Waals surface area contributed by atoms with Crippen LogP contribution in [-0.2, 0) is 6.54 Å². The van der Waals surface area contributed by atoms with Crippen molar-refractivity contribution in [3.63, 3.8) is 0 Å². The highest BCUT2D eigenvalue weighted by Crippen LogP contribution is 2.08. The van der Waals surface area contributed by atoms with Gasteiger partial charge in [-0.2, -0.15) is 19.0 Å². The average molecular weight is 256 g/mol. The molecule has 0 spiro atoms. The second kappa shape index (κ2) is 5.34. The summed E-state index contributed by atoms with van der Waals surface area (Å²) < 4.78 is 26.4. The molecule has 0 saturated heterocycles. The summed E-state index contributed by atoms with van der Waals surface area (Å²) in [5.74, 6) is -0.505. The van der Waals surface area contributed by atoms with Gasteiger partial charge in [-0.1, -0.05) is 0 Å². The minimum atomic E-state index is -2.75. The van der Waals surface area contributed by atoms with E-state index in [-0.39, 0.29) is 5.69 Å². The Balaban J connectivity index is 1.83. The quantitative estimate of drug-likeness (QED) is 0.834. The molecule has 9 heteroatoms. The van der Waals surface area contributed by atoms with Crippen molar-refractivity contribution in [2.75, 3.05) is 6.54 Å². The number of nitrogens with one attached hydrogen (secondary N) is 1. The lowest BCUT2D eigenvalue weighted by atomic mass is 10.4. The smallest absolute Gasteiger partial charge is 0.333 e. The first kappa shape index (κ1) is 12.1. The number of rotatable bonds is 5. The van der Waals surface area contributed by atoms with Crippen LogP contribution in [0.2, 0.25) is 0 Å². The van der Waals surface area contributed by atoms with Gasteiger partial charge in [-0.25, -0.2) is 9.67 Å². The van der Waals surface area contributed by atoms with Gasteiger partial charge in [0.05, 0.1) is 6.54 Å². The van der Waals surface area contributed by atoms with Crippen LogP contribution in [0.1, 0.15) is 17.0 Å². The molecule has 0 atom stereocenters. The summed E-state index contributed by atoms with van der Waals surface area (Å²) >= 11 is 0. The molecule has 0 unspecified atom stereocenters. The van der Waals surface area contributed by atoms with E-state index in [2.05, 4.69) is 20.5 Å². The summed E-state index contributed by atoms with van der Waals surface area (Å²) in [4.78, 5) is 15.3. The number of carbonyl (C=O) groups is 1. The third kappa shape index (κ3) is 2.87. The molecule has 2 rings (SSSR count). The zero-order chi connectivity index (χ0) is 13.0. The number of hydrogen-bond acceptors (Lipinski definition) is 4. The van der Waals surface area contributed by atoms with Gasteiger partial charge in [0, 0.05) is 12.7 Å². The predicted molar refractivity (Wildman–Crippen MR) is 55.8 cm³/mol. The van der Waals surface area contributed by atoms with E-state index in [1.165, 1.54) is 23.4 Å². The Bertz CT molecular complexity index is 509. The molecular formula is C9H10F2N6O. The predicted octanol–water partition coefficient (Wildman–Crippen LogP) is 0.300. The number of carbonyl (C=O) groups excluding carboxylic acids is 1. The Hall–Kier alpha value is -2.32. The molecule has 1 N–H and O–H groups in total. The lowest BCUT2D eigenvalue weighted by Gasteiger charge is -2.02.